The van der Waals surface area contributed by atoms with Gasteiger partial charge in [0.15, 0.2) is 11.6 Å². The van der Waals surface area contributed by atoms with Crippen LogP contribution in [0.5, 0.6) is 0 Å². The van der Waals surface area contributed by atoms with Crippen molar-refractivity contribution in [2.75, 3.05) is 50.5 Å². The monoisotopic (exact) mass is 528 g/mol. The second-order valence-corrected chi connectivity index (χ2v) is 12.5. The third kappa shape index (κ3) is 4.37. The van der Waals surface area contributed by atoms with Crippen LogP contribution in [0.4, 0.5) is 5.82 Å². The van der Waals surface area contributed by atoms with Crippen molar-refractivity contribution in [3.05, 3.63) is 35.3 Å². The molecule has 0 radical (unpaired) electrons. The number of nitrogens with one attached hydrogen (secondary N) is 1. The molecule has 1 unspecified atom stereocenters. The van der Waals surface area contributed by atoms with Crippen LogP contribution in [-0.4, -0.2) is 83.6 Å². The highest BCUT2D eigenvalue weighted by atomic mass is 32.2. The van der Waals surface area contributed by atoms with Gasteiger partial charge in [-0.25, -0.2) is 22.7 Å². The first kappa shape index (κ1) is 23.7. The lowest BCUT2D eigenvalue weighted by Gasteiger charge is -2.32. The number of morpholine rings is 1. The second-order valence-electron chi connectivity index (χ2n) is 9.41. The molecule has 3 aromatic heterocycles. The lowest BCUT2D eigenvalue weighted by molar-refractivity contribution is 0.0790. The molecule has 5 heterocycles. The smallest absolute Gasteiger partial charge is 0.211 e. The molecule has 0 spiro atoms. The Morgan fingerprint density at radius 3 is 2.69 bits per heavy atom. The Balaban J connectivity index is 1.39. The number of fused-ring (bicyclic) bond motifs is 2. The summed E-state index contributed by atoms with van der Waals surface area (Å²) in [6, 6.07) is 7.91. The van der Waals surface area contributed by atoms with E-state index >= 15 is 0 Å². The van der Waals surface area contributed by atoms with Crippen molar-refractivity contribution in [2.45, 2.75) is 18.9 Å². The molecule has 2 aliphatic heterocycles. The molecule has 6 rings (SSSR count). The molecule has 1 atom stereocenters. The SMILES string of the molecule is CS(=O)(=O)N1CCC(C(O)c2cc3nc(-c4cccc5[nH]ncc45)nc(N4CCOCC4)c3s2)CC1. The fraction of sp³-hybridized carbons (Fsp3) is 0.458. The van der Waals surface area contributed by atoms with Crippen LogP contribution in [0.2, 0.25) is 0 Å². The van der Waals surface area contributed by atoms with E-state index in [0.717, 1.165) is 50.5 Å². The van der Waals surface area contributed by atoms with Gasteiger partial charge in [0.25, 0.3) is 0 Å². The van der Waals surface area contributed by atoms with Crippen LogP contribution in [0, 0.1) is 5.92 Å². The molecule has 2 fully saturated rings. The number of anilines is 1. The van der Waals surface area contributed by atoms with Gasteiger partial charge >= 0.3 is 0 Å². The fourth-order valence-corrected chi connectivity index (χ4v) is 7.18. The van der Waals surface area contributed by atoms with Crippen molar-refractivity contribution >= 4 is 48.3 Å². The van der Waals surface area contributed by atoms with Crippen molar-refractivity contribution in [1.29, 1.82) is 0 Å². The molecule has 0 aliphatic carbocycles. The number of benzene rings is 1. The maximum Gasteiger partial charge on any atom is 0.211 e. The topological polar surface area (TPSA) is 125 Å². The summed E-state index contributed by atoms with van der Waals surface area (Å²) >= 11 is 1.53. The predicted molar refractivity (Wildman–Crippen MR) is 140 cm³/mol. The maximum absolute atomic E-state index is 11.9. The summed E-state index contributed by atoms with van der Waals surface area (Å²) in [6.45, 7) is 3.62. The number of thiophene rings is 1. The van der Waals surface area contributed by atoms with Crippen LogP contribution in [-0.2, 0) is 14.8 Å². The van der Waals surface area contributed by atoms with E-state index in [0.29, 0.717) is 45.0 Å². The molecule has 0 bridgehead atoms. The predicted octanol–water partition coefficient (Wildman–Crippen LogP) is 2.78. The number of nitrogens with zero attached hydrogens (tertiary/aromatic N) is 5. The molecule has 190 valence electrons. The summed E-state index contributed by atoms with van der Waals surface area (Å²) < 4.78 is 31.8. The average molecular weight is 529 g/mol. The van der Waals surface area contributed by atoms with Crippen molar-refractivity contribution < 1.29 is 18.3 Å². The molecular weight excluding hydrogens is 500 g/mol. The van der Waals surface area contributed by atoms with Crippen LogP contribution in [0.3, 0.4) is 0 Å². The van der Waals surface area contributed by atoms with E-state index in [1.807, 2.05) is 24.3 Å². The zero-order valence-electron chi connectivity index (χ0n) is 19.9. The summed E-state index contributed by atoms with van der Waals surface area (Å²) in [6.07, 6.45) is 3.60. The minimum atomic E-state index is -3.21. The zero-order chi connectivity index (χ0) is 24.9. The molecule has 2 N–H and O–H groups in total. The van der Waals surface area contributed by atoms with Crippen LogP contribution in [0.1, 0.15) is 23.8 Å². The van der Waals surface area contributed by atoms with Crippen LogP contribution in [0.25, 0.3) is 32.5 Å². The molecule has 10 nitrogen and oxygen atoms in total. The van der Waals surface area contributed by atoms with Gasteiger partial charge in [-0.3, -0.25) is 5.10 Å². The van der Waals surface area contributed by atoms with Crippen molar-refractivity contribution in [3.8, 4) is 11.4 Å². The average Bonchev–Trinajstić information content (AvgIpc) is 3.55. The molecular formula is C24H28N6O4S2. The van der Waals surface area contributed by atoms with Gasteiger partial charge in [-0.1, -0.05) is 12.1 Å². The summed E-state index contributed by atoms with van der Waals surface area (Å²) in [5.41, 5.74) is 2.62. The fourth-order valence-electron chi connectivity index (χ4n) is 5.11. The Bertz CT molecular complexity index is 1500. The number of piperidine rings is 1. The number of hydrogen-bond acceptors (Lipinski definition) is 9. The number of aliphatic hydroxyl groups excluding tert-OH is 1. The van der Waals surface area contributed by atoms with Crippen LogP contribution >= 0.6 is 11.3 Å². The number of hydrogen-bond donors (Lipinski definition) is 2. The quantitative estimate of drug-likeness (QED) is 0.405. The molecule has 36 heavy (non-hydrogen) atoms. The third-order valence-electron chi connectivity index (χ3n) is 7.11. The number of ether oxygens (including phenoxy) is 1. The highest BCUT2D eigenvalue weighted by Gasteiger charge is 2.31. The lowest BCUT2D eigenvalue weighted by atomic mass is 9.91. The summed E-state index contributed by atoms with van der Waals surface area (Å²) in [5, 5.41) is 19.4. The van der Waals surface area contributed by atoms with Gasteiger partial charge in [0.05, 0.1) is 47.5 Å². The molecule has 0 saturated carbocycles. The van der Waals surface area contributed by atoms with Crippen LogP contribution < -0.4 is 4.90 Å². The highest BCUT2D eigenvalue weighted by Crippen LogP contribution is 2.41. The zero-order valence-corrected chi connectivity index (χ0v) is 21.6. The number of aromatic nitrogens is 4. The molecule has 0 amide bonds. The van der Waals surface area contributed by atoms with E-state index in [2.05, 4.69) is 15.1 Å². The Morgan fingerprint density at radius 2 is 1.94 bits per heavy atom. The molecule has 1 aromatic carbocycles. The number of H-pyrrole nitrogens is 1. The Kier molecular flexibility index (Phi) is 6.16. The van der Waals surface area contributed by atoms with E-state index < -0.39 is 16.1 Å². The van der Waals surface area contributed by atoms with Gasteiger partial charge in [0, 0.05) is 42.0 Å². The van der Waals surface area contributed by atoms with Crippen molar-refractivity contribution in [1.82, 2.24) is 24.5 Å². The molecule has 12 heteroatoms. The summed E-state index contributed by atoms with van der Waals surface area (Å²) in [5.74, 6) is 1.47. The van der Waals surface area contributed by atoms with Crippen molar-refractivity contribution in [2.24, 2.45) is 5.92 Å². The van der Waals surface area contributed by atoms with E-state index in [4.69, 9.17) is 14.7 Å². The Morgan fingerprint density at radius 1 is 1.17 bits per heavy atom. The molecule has 4 aromatic rings. The maximum atomic E-state index is 11.9. The largest absolute Gasteiger partial charge is 0.387 e. The molecule has 2 aliphatic rings. The van der Waals surface area contributed by atoms with E-state index in [-0.39, 0.29) is 5.92 Å². The van der Waals surface area contributed by atoms with Gasteiger partial charge in [-0.2, -0.15) is 5.10 Å². The lowest BCUT2D eigenvalue weighted by Crippen LogP contribution is -2.39. The number of aromatic amines is 1. The van der Waals surface area contributed by atoms with Crippen molar-refractivity contribution in [3.63, 3.8) is 0 Å². The normalized spacial score (nSPS) is 19.3. The second kappa shape index (κ2) is 9.34. The van der Waals surface area contributed by atoms with Gasteiger partial charge < -0.3 is 14.7 Å². The first-order chi connectivity index (χ1) is 17.4. The van der Waals surface area contributed by atoms with Gasteiger partial charge in [0.2, 0.25) is 10.0 Å². The highest BCUT2D eigenvalue weighted by molar-refractivity contribution is 7.88. The number of aliphatic hydroxyl groups is 1. The van der Waals surface area contributed by atoms with E-state index in [9.17, 15) is 13.5 Å². The number of sulfonamides is 1. The van der Waals surface area contributed by atoms with Gasteiger partial charge in [-0.05, 0) is 30.9 Å². The third-order valence-corrected chi connectivity index (χ3v) is 9.61. The first-order valence-electron chi connectivity index (χ1n) is 12.1. The summed E-state index contributed by atoms with van der Waals surface area (Å²) in [7, 11) is -3.21. The minimum Gasteiger partial charge on any atom is -0.387 e. The van der Waals surface area contributed by atoms with E-state index in [1.165, 1.54) is 21.9 Å². The first-order valence-corrected chi connectivity index (χ1v) is 14.7. The Labute approximate surface area is 213 Å². The summed E-state index contributed by atoms with van der Waals surface area (Å²) in [4.78, 5) is 13.0. The molecule has 2 saturated heterocycles. The van der Waals surface area contributed by atoms with Gasteiger partial charge in [0.1, 0.15) is 0 Å². The Hall–Kier alpha value is -2.64. The van der Waals surface area contributed by atoms with Gasteiger partial charge in [-0.15, -0.1) is 11.3 Å². The minimum absolute atomic E-state index is 0.00462. The van der Waals surface area contributed by atoms with Crippen LogP contribution in [0.15, 0.2) is 30.5 Å². The van der Waals surface area contributed by atoms with E-state index in [1.54, 1.807) is 6.20 Å². The standard InChI is InChI=1S/C24H28N6O4S2/c1-36(32,33)30-7-5-15(6-8-30)21(31)20-13-19-22(35-20)24(29-9-11-34-12-10-29)27-23(26-19)16-3-2-4-18-17(16)14-25-28-18/h2-4,13-15,21,31H,5-12H2,1H3,(H,25,28). The number of rotatable bonds is 5.